The molecule has 4 heteroatoms. The lowest BCUT2D eigenvalue weighted by Crippen LogP contribution is -2.26. The molecule has 0 aliphatic carbocycles. The third-order valence-corrected chi connectivity index (χ3v) is 3.17. The highest BCUT2D eigenvalue weighted by molar-refractivity contribution is 5.94. The number of carbonyl (C=O) groups is 1. The third kappa shape index (κ3) is 4.05. The van der Waals surface area contributed by atoms with E-state index in [0.717, 1.165) is 17.8 Å². The number of nitrogens with zero attached hydrogens (tertiary/aromatic N) is 1. The van der Waals surface area contributed by atoms with Gasteiger partial charge in [-0.05, 0) is 48.9 Å². The molecule has 0 aliphatic heterocycles. The van der Waals surface area contributed by atoms with Crippen LogP contribution in [0.15, 0.2) is 48.5 Å². The molecule has 0 aliphatic rings. The molecule has 2 aromatic rings. The summed E-state index contributed by atoms with van der Waals surface area (Å²) in [5, 5.41) is 3.18. The Hall–Kier alpha value is -2.36. The molecule has 0 spiro atoms. The van der Waals surface area contributed by atoms with Gasteiger partial charge < -0.3 is 10.2 Å². The van der Waals surface area contributed by atoms with Crippen LogP contribution in [0.3, 0.4) is 0 Å². The lowest BCUT2D eigenvalue weighted by atomic mass is 10.1. The molecule has 3 nitrogen and oxygen atoms in total. The highest BCUT2D eigenvalue weighted by atomic mass is 19.1. The molecule has 0 aromatic heterocycles. The van der Waals surface area contributed by atoms with E-state index in [-0.39, 0.29) is 11.7 Å². The summed E-state index contributed by atoms with van der Waals surface area (Å²) in [6.07, 6.45) is 0. The van der Waals surface area contributed by atoms with Gasteiger partial charge in [0.25, 0.3) is 5.91 Å². The Morgan fingerprint density at radius 2 is 1.90 bits per heavy atom. The third-order valence-electron chi connectivity index (χ3n) is 3.17. The molecule has 0 fully saturated rings. The van der Waals surface area contributed by atoms with Crippen LogP contribution in [0.4, 0.5) is 10.1 Å². The van der Waals surface area contributed by atoms with E-state index in [0.29, 0.717) is 12.1 Å². The zero-order valence-electron chi connectivity index (χ0n) is 12.3. The number of benzene rings is 2. The molecule has 0 bridgehead atoms. The smallest absolute Gasteiger partial charge is 0.253 e. The molecule has 0 heterocycles. The largest absolute Gasteiger partial charge is 0.385 e. The normalized spacial score (nSPS) is 10.2. The molecule has 0 atom stereocenters. The summed E-state index contributed by atoms with van der Waals surface area (Å²) < 4.78 is 13.1. The SMILES string of the molecule is CCNc1ccc(C(=O)N(C)Cc2cccc(F)c2)cc1. The van der Waals surface area contributed by atoms with E-state index in [2.05, 4.69) is 5.32 Å². The van der Waals surface area contributed by atoms with Gasteiger partial charge in [0.2, 0.25) is 0 Å². The van der Waals surface area contributed by atoms with Crippen LogP contribution < -0.4 is 5.32 Å². The number of hydrogen-bond acceptors (Lipinski definition) is 2. The number of rotatable bonds is 5. The molecule has 1 amide bonds. The van der Waals surface area contributed by atoms with Crippen molar-refractivity contribution in [2.24, 2.45) is 0 Å². The van der Waals surface area contributed by atoms with Crippen LogP contribution in [0, 0.1) is 5.82 Å². The minimum Gasteiger partial charge on any atom is -0.385 e. The van der Waals surface area contributed by atoms with Gasteiger partial charge in [-0.25, -0.2) is 4.39 Å². The van der Waals surface area contributed by atoms with Crippen molar-refractivity contribution in [1.29, 1.82) is 0 Å². The predicted octanol–water partition coefficient (Wildman–Crippen LogP) is 3.53. The average Bonchev–Trinajstić information content (AvgIpc) is 2.47. The van der Waals surface area contributed by atoms with Crippen molar-refractivity contribution < 1.29 is 9.18 Å². The van der Waals surface area contributed by atoms with Crippen molar-refractivity contribution >= 4 is 11.6 Å². The first-order valence-electron chi connectivity index (χ1n) is 6.94. The molecule has 110 valence electrons. The predicted molar refractivity (Wildman–Crippen MR) is 82.8 cm³/mol. The average molecular weight is 286 g/mol. The quantitative estimate of drug-likeness (QED) is 0.912. The van der Waals surface area contributed by atoms with Gasteiger partial charge in [-0.1, -0.05) is 12.1 Å². The summed E-state index contributed by atoms with van der Waals surface area (Å²) in [6, 6.07) is 13.6. The molecular weight excluding hydrogens is 267 g/mol. The van der Waals surface area contributed by atoms with Crippen molar-refractivity contribution in [1.82, 2.24) is 4.90 Å². The van der Waals surface area contributed by atoms with E-state index in [4.69, 9.17) is 0 Å². The van der Waals surface area contributed by atoms with Crippen LogP contribution in [0.2, 0.25) is 0 Å². The zero-order chi connectivity index (χ0) is 15.2. The van der Waals surface area contributed by atoms with Gasteiger partial charge in [-0.15, -0.1) is 0 Å². The first-order chi connectivity index (χ1) is 10.1. The fourth-order valence-corrected chi connectivity index (χ4v) is 2.14. The van der Waals surface area contributed by atoms with Gasteiger partial charge in [-0.2, -0.15) is 0 Å². The zero-order valence-corrected chi connectivity index (χ0v) is 12.3. The van der Waals surface area contributed by atoms with Gasteiger partial charge in [-0.3, -0.25) is 4.79 Å². The van der Waals surface area contributed by atoms with E-state index < -0.39 is 0 Å². The standard InChI is InChI=1S/C17H19FN2O/c1-3-19-16-9-7-14(8-10-16)17(21)20(2)12-13-5-4-6-15(18)11-13/h4-11,19H,3,12H2,1-2H3. The van der Waals surface area contributed by atoms with Gasteiger partial charge in [0.15, 0.2) is 0 Å². The molecule has 2 aromatic carbocycles. The van der Waals surface area contributed by atoms with E-state index in [1.165, 1.54) is 12.1 Å². The van der Waals surface area contributed by atoms with Crippen molar-refractivity contribution in [2.45, 2.75) is 13.5 Å². The number of carbonyl (C=O) groups excluding carboxylic acids is 1. The van der Waals surface area contributed by atoms with Crippen molar-refractivity contribution in [3.8, 4) is 0 Å². The lowest BCUT2D eigenvalue weighted by Gasteiger charge is -2.17. The highest BCUT2D eigenvalue weighted by Gasteiger charge is 2.12. The Kier molecular flexibility index (Phi) is 4.93. The first-order valence-corrected chi connectivity index (χ1v) is 6.94. The summed E-state index contributed by atoms with van der Waals surface area (Å²) in [4.78, 5) is 13.9. The Labute approximate surface area is 124 Å². The van der Waals surface area contributed by atoms with Crippen LogP contribution in [0.1, 0.15) is 22.8 Å². The molecule has 0 saturated heterocycles. The van der Waals surface area contributed by atoms with Crippen LogP contribution in [-0.2, 0) is 6.54 Å². The molecule has 2 rings (SSSR count). The van der Waals surface area contributed by atoms with Crippen LogP contribution in [0.25, 0.3) is 0 Å². The van der Waals surface area contributed by atoms with Gasteiger partial charge in [0.1, 0.15) is 5.82 Å². The van der Waals surface area contributed by atoms with E-state index in [1.807, 2.05) is 19.1 Å². The molecule has 0 saturated carbocycles. The molecule has 1 N–H and O–H groups in total. The van der Waals surface area contributed by atoms with Crippen molar-refractivity contribution in [3.05, 3.63) is 65.5 Å². The van der Waals surface area contributed by atoms with E-state index in [9.17, 15) is 9.18 Å². The molecule has 0 unspecified atom stereocenters. The second kappa shape index (κ2) is 6.88. The van der Waals surface area contributed by atoms with Crippen LogP contribution >= 0.6 is 0 Å². The van der Waals surface area contributed by atoms with E-state index >= 15 is 0 Å². The highest BCUT2D eigenvalue weighted by Crippen LogP contribution is 2.13. The number of nitrogens with one attached hydrogen (secondary N) is 1. The van der Waals surface area contributed by atoms with E-state index in [1.54, 1.807) is 36.2 Å². The molecule has 21 heavy (non-hydrogen) atoms. The van der Waals surface area contributed by atoms with Crippen molar-refractivity contribution in [2.75, 3.05) is 18.9 Å². The maximum absolute atomic E-state index is 13.1. The minimum atomic E-state index is -0.289. The summed E-state index contributed by atoms with van der Waals surface area (Å²) in [5.41, 5.74) is 2.38. The Morgan fingerprint density at radius 3 is 2.52 bits per heavy atom. The second-order valence-electron chi connectivity index (χ2n) is 4.90. The Balaban J connectivity index is 2.04. The van der Waals surface area contributed by atoms with Crippen LogP contribution in [-0.4, -0.2) is 24.4 Å². The summed E-state index contributed by atoms with van der Waals surface area (Å²) in [7, 11) is 1.71. The van der Waals surface area contributed by atoms with Crippen molar-refractivity contribution in [3.63, 3.8) is 0 Å². The number of amides is 1. The number of halogens is 1. The van der Waals surface area contributed by atoms with Gasteiger partial charge in [0.05, 0.1) is 0 Å². The topological polar surface area (TPSA) is 32.3 Å². The van der Waals surface area contributed by atoms with Crippen LogP contribution in [0.5, 0.6) is 0 Å². The fraction of sp³-hybridized carbons (Fsp3) is 0.235. The lowest BCUT2D eigenvalue weighted by molar-refractivity contribution is 0.0785. The maximum atomic E-state index is 13.1. The first kappa shape index (κ1) is 15.0. The number of anilines is 1. The summed E-state index contributed by atoms with van der Waals surface area (Å²) >= 11 is 0. The second-order valence-corrected chi connectivity index (χ2v) is 4.90. The summed E-state index contributed by atoms with van der Waals surface area (Å²) in [5.74, 6) is -0.370. The van der Waals surface area contributed by atoms with Gasteiger partial charge in [0, 0.05) is 31.4 Å². The Morgan fingerprint density at radius 1 is 1.19 bits per heavy atom. The molecule has 0 radical (unpaired) electrons. The molecular formula is C17H19FN2O. The van der Waals surface area contributed by atoms with Gasteiger partial charge >= 0.3 is 0 Å². The Bertz CT molecular complexity index is 610. The fourth-order valence-electron chi connectivity index (χ4n) is 2.14. The maximum Gasteiger partial charge on any atom is 0.253 e. The summed E-state index contributed by atoms with van der Waals surface area (Å²) in [6.45, 7) is 3.24. The minimum absolute atomic E-state index is 0.0812. The number of hydrogen-bond donors (Lipinski definition) is 1. The monoisotopic (exact) mass is 286 g/mol.